The van der Waals surface area contributed by atoms with Crippen molar-refractivity contribution in [2.75, 3.05) is 6.54 Å². The van der Waals surface area contributed by atoms with Crippen LogP contribution in [-0.2, 0) is 6.54 Å². The van der Waals surface area contributed by atoms with E-state index in [1.165, 1.54) is 4.88 Å². The summed E-state index contributed by atoms with van der Waals surface area (Å²) >= 11 is 1.60. The Kier molecular flexibility index (Phi) is 4.60. The molecule has 5 heteroatoms. The van der Waals surface area contributed by atoms with Crippen molar-refractivity contribution in [3.05, 3.63) is 27.1 Å². The summed E-state index contributed by atoms with van der Waals surface area (Å²) in [5.74, 6) is 0.398. The molecule has 0 aromatic carbocycles. The third-order valence-electron chi connectivity index (χ3n) is 3.54. The number of aromatic nitrogens is 2. The van der Waals surface area contributed by atoms with E-state index in [4.69, 9.17) is 0 Å². The fourth-order valence-electron chi connectivity index (χ4n) is 2.24. The van der Waals surface area contributed by atoms with Crippen molar-refractivity contribution >= 4 is 21.6 Å². The zero-order valence-corrected chi connectivity index (χ0v) is 13.7. The molecule has 2 heterocycles. The van der Waals surface area contributed by atoms with Crippen molar-refractivity contribution in [3.8, 4) is 0 Å². The molecule has 1 N–H and O–H groups in total. The monoisotopic (exact) mass is 293 g/mol. The fourth-order valence-corrected chi connectivity index (χ4v) is 3.22. The number of hydrogen-bond acceptors (Lipinski definition) is 4. The highest BCUT2D eigenvalue weighted by atomic mass is 32.1. The summed E-state index contributed by atoms with van der Waals surface area (Å²) < 4.78 is 1.74. The lowest BCUT2D eigenvalue weighted by atomic mass is 10.1. The van der Waals surface area contributed by atoms with Crippen molar-refractivity contribution < 1.29 is 0 Å². The topological polar surface area (TPSA) is 46.9 Å². The van der Waals surface area contributed by atoms with Gasteiger partial charge in [0.05, 0.1) is 11.7 Å². The number of hydrogen-bond donors (Lipinski definition) is 1. The molecule has 1 unspecified atom stereocenters. The second kappa shape index (κ2) is 6.06. The van der Waals surface area contributed by atoms with E-state index in [2.05, 4.69) is 31.1 Å². The van der Waals surface area contributed by atoms with Crippen LogP contribution >= 0.6 is 11.3 Å². The summed E-state index contributed by atoms with van der Waals surface area (Å²) in [5, 5.41) is 4.19. The Labute approximate surface area is 123 Å². The van der Waals surface area contributed by atoms with Gasteiger partial charge in [-0.05, 0) is 31.9 Å². The van der Waals surface area contributed by atoms with E-state index in [0.717, 1.165) is 22.3 Å². The normalized spacial score (nSPS) is 13.3. The molecule has 0 fully saturated rings. The van der Waals surface area contributed by atoms with E-state index < -0.39 is 0 Å². The molecule has 0 aliphatic rings. The highest BCUT2D eigenvalue weighted by Gasteiger charge is 2.13. The second-order valence-electron chi connectivity index (χ2n) is 5.83. The minimum absolute atomic E-state index is 0.0910. The third kappa shape index (κ3) is 3.10. The average Bonchev–Trinajstić information content (AvgIpc) is 2.67. The Morgan fingerprint density at radius 3 is 2.70 bits per heavy atom. The predicted octanol–water partition coefficient (Wildman–Crippen LogP) is 2.71. The predicted molar refractivity (Wildman–Crippen MR) is 85.7 cm³/mol. The number of fused-ring (bicyclic) bond motifs is 1. The van der Waals surface area contributed by atoms with Gasteiger partial charge in [0.15, 0.2) is 0 Å². The SMILES string of the molecule is Cc1sc2ncn(CC(C)CNC(C)C)c(=O)c2c1C. The summed E-state index contributed by atoms with van der Waals surface area (Å²) in [6.45, 7) is 12.1. The van der Waals surface area contributed by atoms with Crippen LogP contribution in [0, 0.1) is 19.8 Å². The van der Waals surface area contributed by atoms with E-state index >= 15 is 0 Å². The molecule has 2 aromatic rings. The maximum atomic E-state index is 12.5. The standard InChI is InChI=1S/C15H23N3OS/c1-9(2)16-6-10(3)7-18-8-17-14-13(15(18)19)11(4)12(5)20-14/h8-10,16H,6-7H2,1-5H3. The number of nitrogens with one attached hydrogen (secondary N) is 1. The molecule has 0 spiro atoms. The molecule has 4 nitrogen and oxygen atoms in total. The first kappa shape index (κ1) is 15.2. The first-order chi connectivity index (χ1) is 9.40. The molecule has 110 valence electrons. The van der Waals surface area contributed by atoms with Crippen LogP contribution in [0.2, 0.25) is 0 Å². The van der Waals surface area contributed by atoms with Gasteiger partial charge < -0.3 is 5.32 Å². The molecule has 0 aliphatic carbocycles. The van der Waals surface area contributed by atoms with Crippen LogP contribution in [0.1, 0.15) is 31.2 Å². The van der Waals surface area contributed by atoms with Gasteiger partial charge in [-0.1, -0.05) is 20.8 Å². The first-order valence-corrected chi connectivity index (χ1v) is 7.90. The van der Waals surface area contributed by atoms with Crippen LogP contribution < -0.4 is 10.9 Å². The average molecular weight is 293 g/mol. The van der Waals surface area contributed by atoms with Gasteiger partial charge in [0, 0.05) is 17.5 Å². The molecule has 0 amide bonds. The molecule has 1 atom stereocenters. The third-order valence-corrected chi connectivity index (χ3v) is 4.65. The zero-order valence-electron chi connectivity index (χ0n) is 12.9. The van der Waals surface area contributed by atoms with Crippen molar-refractivity contribution in [2.45, 2.75) is 47.2 Å². The molecular formula is C15H23N3OS. The highest BCUT2D eigenvalue weighted by Crippen LogP contribution is 2.25. The molecule has 0 saturated heterocycles. The van der Waals surface area contributed by atoms with E-state index in [9.17, 15) is 4.79 Å². The van der Waals surface area contributed by atoms with Gasteiger partial charge in [-0.3, -0.25) is 9.36 Å². The maximum Gasteiger partial charge on any atom is 0.262 e. The number of nitrogens with zero attached hydrogens (tertiary/aromatic N) is 2. The maximum absolute atomic E-state index is 12.5. The fraction of sp³-hybridized carbons (Fsp3) is 0.600. The minimum atomic E-state index is 0.0910. The minimum Gasteiger partial charge on any atom is -0.314 e. The summed E-state index contributed by atoms with van der Waals surface area (Å²) in [5.41, 5.74) is 1.16. The Balaban J connectivity index is 2.25. The van der Waals surface area contributed by atoms with Crippen LogP contribution in [0.25, 0.3) is 10.2 Å². The van der Waals surface area contributed by atoms with Gasteiger partial charge in [-0.25, -0.2) is 4.98 Å². The summed E-state index contributed by atoms with van der Waals surface area (Å²) in [4.78, 5) is 19.0. The van der Waals surface area contributed by atoms with E-state index in [-0.39, 0.29) is 5.56 Å². The molecule has 2 rings (SSSR count). The lowest BCUT2D eigenvalue weighted by Crippen LogP contribution is -2.32. The van der Waals surface area contributed by atoms with Crippen molar-refractivity contribution in [2.24, 2.45) is 5.92 Å². The van der Waals surface area contributed by atoms with Crippen molar-refractivity contribution in [1.82, 2.24) is 14.9 Å². The molecule has 0 saturated carbocycles. The van der Waals surface area contributed by atoms with Gasteiger partial charge >= 0.3 is 0 Å². The number of rotatable bonds is 5. The van der Waals surface area contributed by atoms with Crippen LogP contribution in [0.3, 0.4) is 0 Å². The second-order valence-corrected chi connectivity index (χ2v) is 7.04. The quantitative estimate of drug-likeness (QED) is 0.922. The Morgan fingerprint density at radius 2 is 2.05 bits per heavy atom. The lowest BCUT2D eigenvalue weighted by molar-refractivity contribution is 0.419. The van der Waals surface area contributed by atoms with Crippen molar-refractivity contribution in [1.29, 1.82) is 0 Å². The van der Waals surface area contributed by atoms with Crippen molar-refractivity contribution in [3.63, 3.8) is 0 Å². The van der Waals surface area contributed by atoms with Gasteiger partial charge in [-0.15, -0.1) is 11.3 Å². The molecule has 0 radical (unpaired) electrons. The zero-order chi connectivity index (χ0) is 14.9. The molecule has 0 bridgehead atoms. The Bertz CT molecular complexity index is 657. The smallest absolute Gasteiger partial charge is 0.262 e. The van der Waals surface area contributed by atoms with Crippen LogP contribution in [0.4, 0.5) is 0 Å². The molecule has 20 heavy (non-hydrogen) atoms. The largest absolute Gasteiger partial charge is 0.314 e. The Hall–Kier alpha value is -1.20. The van der Waals surface area contributed by atoms with E-state index in [1.54, 1.807) is 22.2 Å². The number of thiophene rings is 1. The summed E-state index contributed by atoms with van der Waals surface area (Å²) in [6, 6.07) is 0.469. The number of aryl methyl sites for hydroxylation is 2. The van der Waals surface area contributed by atoms with Crippen LogP contribution in [-0.4, -0.2) is 22.1 Å². The summed E-state index contributed by atoms with van der Waals surface area (Å²) in [6.07, 6.45) is 1.69. The van der Waals surface area contributed by atoms with Crippen LogP contribution in [0.15, 0.2) is 11.1 Å². The Morgan fingerprint density at radius 1 is 1.35 bits per heavy atom. The van der Waals surface area contributed by atoms with E-state index in [0.29, 0.717) is 18.5 Å². The molecular weight excluding hydrogens is 270 g/mol. The van der Waals surface area contributed by atoms with Gasteiger partial charge in [0.1, 0.15) is 4.83 Å². The first-order valence-electron chi connectivity index (χ1n) is 7.08. The van der Waals surface area contributed by atoms with Crippen LogP contribution in [0.5, 0.6) is 0 Å². The van der Waals surface area contributed by atoms with Gasteiger partial charge in [0.2, 0.25) is 0 Å². The van der Waals surface area contributed by atoms with E-state index in [1.807, 2.05) is 13.8 Å². The molecule has 0 aliphatic heterocycles. The summed E-state index contributed by atoms with van der Waals surface area (Å²) in [7, 11) is 0. The van der Waals surface area contributed by atoms with Gasteiger partial charge in [-0.2, -0.15) is 0 Å². The molecule has 2 aromatic heterocycles. The lowest BCUT2D eigenvalue weighted by Gasteiger charge is -2.16. The van der Waals surface area contributed by atoms with Gasteiger partial charge in [0.25, 0.3) is 5.56 Å². The highest BCUT2D eigenvalue weighted by molar-refractivity contribution is 7.18.